The van der Waals surface area contributed by atoms with Crippen LogP contribution in [-0.2, 0) is 10.0 Å². The minimum atomic E-state index is -3.71. The van der Waals surface area contributed by atoms with Crippen molar-refractivity contribution in [2.45, 2.75) is 43.6 Å². The summed E-state index contributed by atoms with van der Waals surface area (Å²) < 4.78 is 27.0. The maximum absolute atomic E-state index is 12.3. The Hall–Kier alpha value is -0.960. The van der Waals surface area contributed by atoms with Crippen LogP contribution in [0.3, 0.4) is 0 Å². The van der Waals surface area contributed by atoms with E-state index in [-0.39, 0.29) is 28.3 Å². The van der Waals surface area contributed by atoms with Gasteiger partial charge in [0.05, 0.1) is 11.0 Å². The molecule has 0 aliphatic heterocycles. The molecule has 0 bridgehead atoms. The number of nitrogens with one attached hydrogen (secondary N) is 1. The third-order valence-corrected chi connectivity index (χ3v) is 6.41. The molecule has 3 N–H and O–H groups in total. The second-order valence-corrected chi connectivity index (χ2v) is 8.37. The fourth-order valence-electron chi connectivity index (χ4n) is 2.59. The number of rotatable bonds is 5. The van der Waals surface area contributed by atoms with Crippen LogP contribution in [0.4, 0.5) is 0 Å². The molecule has 2 unspecified atom stereocenters. The Balaban J connectivity index is 2.06. The lowest BCUT2D eigenvalue weighted by Crippen LogP contribution is -2.33. The Bertz CT molecular complexity index is 623. The number of carboxylic acids is 1. The Kier molecular flexibility index (Phi) is 5.03. The minimum Gasteiger partial charge on any atom is -0.477 e. The van der Waals surface area contributed by atoms with Gasteiger partial charge in [-0.15, -0.1) is 11.3 Å². The molecule has 21 heavy (non-hydrogen) atoms. The zero-order valence-corrected chi connectivity index (χ0v) is 13.3. The normalized spacial score (nSPS) is 23.1. The summed E-state index contributed by atoms with van der Waals surface area (Å²) in [6.45, 7) is 1.87. The second kappa shape index (κ2) is 6.43. The van der Waals surface area contributed by atoms with Crippen molar-refractivity contribution in [3.63, 3.8) is 0 Å². The minimum absolute atomic E-state index is 0.0148. The van der Waals surface area contributed by atoms with Crippen LogP contribution >= 0.6 is 11.3 Å². The number of aromatic carboxylic acids is 1. The van der Waals surface area contributed by atoms with Crippen LogP contribution in [0.1, 0.15) is 40.2 Å². The predicted octanol–water partition coefficient (Wildman–Crippen LogP) is 1.58. The lowest BCUT2D eigenvalue weighted by molar-refractivity contribution is 0.0702. The molecule has 2 atom stereocenters. The summed E-state index contributed by atoms with van der Waals surface area (Å²) in [5.74, 6) is -0.999. The van der Waals surface area contributed by atoms with Gasteiger partial charge in [0.25, 0.3) is 0 Å². The predicted molar refractivity (Wildman–Crippen MR) is 79.2 cm³/mol. The summed E-state index contributed by atoms with van der Waals surface area (Å²) in [5, 5.41) is 18.5. The number of aryl methyl sites for hydroxylation is 1. The summed E-state index contributed by atoms with van der Waals surface area (Å²) >= 11 is 0.952. The van der Waals surface area contributed by atoms with Gasteiger partial charge in [-0.2, -0.15) is 0 Å². The third kappa shape index (κ3) is 4.03. The topological polar surface area (TPSA) is 104 Å². The monoisotopic (exact) mass is 333 g/mol. The van der Waals surface area contributed by atoms with Crippen LogP contribution in [0.2, 0.25) is 0 Å². The smallest absolute Gasteiger partial charge is 0.345 e. The highest BCUT2D eigenvalue weighted by Gasteiger charge is 2.25. The molecule has 0 radical (unpaired) electrons. The van der Waals surface area contributed by atoms with E-state index in [0.29, 0.717) is 11.3 Å². The first-order valence-electron chi connectivity index (χ1n) is 6.81. The van der Waals surface area contributed by atoms with Crippen LogP contribution in [0, 0.1) is 12.8 Å². The second-order valence-electron chi connectivity index (χ2n) is 5.37. The number of aliphatic hydroxyl groups excluding tert-OH is 1. The number of carbonyl (C=O) groups is 1. The van der Waals surface area contributed by atoms with E-state index in [1.807, 2.05) is 0 Å². The molecule has 1 heterocycles. The molecule has 1 aliphatic rings. The quantitative estimate of drug-likeness (QED) is 0.759. The Morgan fingerprint density at radius 1 is 1.48 bits per heavy atom. The van der Waals surface area contributed by atoms with E-state index in [9.17, 15) is 18.3 Å². The molecule has 2 rings (SSSR count). The van der Waals surface area contributed by atoms with Gasteiger partial charge in [-0.3, -0.25) is 0 Å². The number of aliphatic hydroxyl groups is 1. The zero-order valence-electron chi connectivity index (χ0n) is 11.7. The summed E-state index contributed by atoms with van der Waals surface area (Å²) in [7, 11) is -3.71. The van der Waals surface area contributed by atoms with Crippen molar-refractivity contribution in [3.8, 4) is 0 Å². The molecule has 6 nitrogen and oxygen atoms in total. The van der Waals surface area contributed by atoms with Crippen LogP contribution < -0.4 is 4.72 Å². The third-order valence-electron chi connectivity index (χ3n) is 3.69. The number of hydrogen-bond donors (Lipinski definition) is 3. The van der Waals surface area contributed by atoms with Crippen molar-refractivity contribution in [3.05, 3.63) is 15.8 Å². The van der Waals surface area contributed by atoms with E-state index in [1.165, 1.54) is 6.07 Å². The number of hydrogen-bond acceptors (Lipinski definition) is 5. The lowest BCUT2D eigenvalue weighted by Gasteiger charge is -2.25. The van der Waals surface area contributed by atoms with Crippen LogP contribution in [-0.4, -0.2) is 37.2 Å². The van der Waals surface area contributed by atoms with Crippen molar-refractivity contribution in [2.24, 2.45) is 5.92 Å². The molecular weight excluding hydrogens is 314 g/mol. The molecule has 1 fully saturated rings. The Labute approximate surface area is 127 Å². The fraction of sp³-hybridized carbons (Fsp3) is 0.615. The first-order chi connectivity index (χ1) is 9.79. The maximum Gasteiger partial charge on any atom is 0.345 e. The molecule has 1 aromatic rings. The van der Waals surface area contributed by atoms with E-state index in [1.54, 1.807) is 6.92 Å². The van der Waals surface area contributed by atoms with Gasteiger partial charge in [-0.1, -0.05) is 6.42 Å². The molecule has 1 saturated carbocycles. The number of sulfonamides is 1. The van der Waals surface area contributed by atoms with Gasteiger partial charge in [0.2, 0.25) is 10.0 Å². The van der Waals surface area contributed by atoms with Crippen molar-refractivity contribution in [1.29, 1.82) is 0 Å². The van der Waals surface area contributed by atoms with E-state index in [0.717, 1.165) is 30.6 Å². The van der Waals surface area contributed by atoms with Crippen molar-refractivity contribution in [1.82, 2.24) is 4.72 Å². The highest BCUT2D eigenvalue weighted by molar-refractivity contribution is 7.89. The van der Waals surface area contributed by atoms with Gasteiger partial charge in [0.1, 0.15) is 4.88 Å². The molecule has 0 saturated heterocycles. The van der Waals surface area contributed by atoms with Gasteiger partial charge in [-0.25, -0.2) is 17.9 Å². The van der Waals surface area contributed by atoms with Gasteiger partial charge >= 0.3 is 5.97 Å². The molecule has 0 spiro atoms. The van der Waals surface area contributed by atoms with Gasteiger partial charge < -0.3 is 10.2 Å². The van der Waals surface area contributed by atoms with E-state index < -0.39 is 16.0 Å². The maximum atomic E-state index is 12.3. The summed E-state index contributed by atoms with van der Waals surface area (Å²) in [5.41, 5.74) is 0. The first-order valence-corrected chi connectivity index (χ1v) is 9.11. The molecule has 0 aromatic carbocycles. The lowest BCUT2D eigenvalue weighted by atomic mass is 9.87. The van der Waals surface area contributed by atoms with Gasteiger partial charge in [0, 0.05) is 11.4 Å². The summed E-state index contributed by atoms with van der Waals surface area (Å²) in [6.07, 6.45) is 2.81. The van der Waals surface area contributed by atoms with Crippen LogP contribution in [0.5, 0.6) is 0 Å². The first kappa shape index (κ1) is 16.4. The van der Waals surface area contributed by atoms with E-state index in [4.69, 9.17) is 5.11 Å². The molecule has 118 valence electrons. The zero-order chi connectivity index (χ0) is 15.6. The van der Waals surface area contributed by atoms with Gasteiger partial charge in [-0.05, 0) is 38.2 Å². The Morgan fingerprint density at radius 3 is 2.76 bits per heavy atom. The van der Waals surface area contributed by atoms with Crippen LogP contribution in [0.25, 0.3) is 0 Å². The number of carboxylic acid groups (broad SMARTS) is 1. The summed E-state index contributed by atoms with van der Waals surface area (Å²) in [4.78, 5) is 11.4. The molecule has 1 aromatic heterocycles. The van der Waals surface area contributed by atoms with Crippen molar-refractivity contribution < 1.29 is 23.4 Å². The average Bonchev–Trinajstić information content (AvgIpc) is 2.80. The summed E-state index contributed by atoms with van der Waals surface area (Å²) in [6, 6.07) is 1.19. The largest absolute Gasteiger partial charge is 0.477 e. The molecular formula is C13H19NO5S2. The van der Waals surface area contributed by atoms with E-state index in [2.05, 4.69) is 4.72 Å². The molecule has 8 heteroatoms. The molecule has 0 amide bonds. The standard InChI is InChI=1S/C13H19NO5S2/c1-8-12(6-11(20-8)13(16)17)21(18,19)14-7-9-3-2-4-10(15)5-9/h6,9-10,14-15H,2-5,7H2,1H3,(H,16,17). The molecule has 1 aliphatic carbocycles. The average molecular weight is 333 g/mol. The highest BCUT2D eigenvalue weighted by atomic mass is 32.2. The Morgan fingerprint density at radius 2 is 2.19 bits per heavy atom. The highest BCUT2D eigenvalue weighted by Crippen LogP contribution is 2.27. The SMILES string of the molecule is Cc1sc(C(=O)O)cc1S(=O)(=O)NCC1CCCC(O)C1. The van der Waals surface area contributed by atoms with Crippen LogP contribution in [0.15, 0.2) is 11.0 Å². The fourth-order valence-corrected chi connectivity index (χ4v) is 5.14. The van der Waals surface area contributed by atoms with Crippen molar-refractivity contribution in [2.75, 3.05) is 6.54 Å². The number of thiophene rings is 1. The van der Waals surface area contributed by atoms with Gasteiger partial charge in [0.15, 0.2) is 0 Å². The van der Waals surface area contributed by atoms with E-state index >= 15 is 0 Å². The van der Waals surface area contributed by atoms with Crippen molar-refractivity contribution >= 4 is 27.3 Å².